The number of benzene rings is 1. The monoisotopic (exact) mass is 442 g/mol. The van der Waals surface area contributed by atoms with Crippen LogP contribution in [-0.2, 0) is 11.2 Å². The number of rotatable bonds is 5. The van der Waals surface area contributed by atoms with Crippen LogP contribution in [0.2, 0.25) is 0 Å². The van der Waals surface area contributed by atoms with E-state index in [4.69, 9.17) is 4.42 Å². The number of thiazole rings is 1. The van der Waals surface area contributed by atoms with Crippen molar-refractivity contribution in [1.82, 2.24) is 9.88 Å². The van der Waals surface area contributed by atoms with Gasteiger partial charge in [-0.3, -0.25) is 14.9 Å². The third-order valence-corrected chi connectivity index (χ3v) is 6.05. The standard InChI is InChI=1S/C22H23FN4O3S/c1-15-19(7-12-30-15)21(29)25-22-24-17(14-31-22)13-20(28)27-9-2-8-26(10-11-27)18-5-3-16(23)4-6-18/h3-7,12,14H,2,8-11,13H2,1H3,(H,24,25,29). The summed E-state index contributed by atoms with van der Waals surface area (Å²) in [5, 5.41) is 4.99. The summed E-state index contributed by atoms with van der Waals surface area (Å²) in [6, 6.07) is 8.05. The summed E-state index contributed by atoms with van der Waals surface area (Å²) in [5.74, 6) is 0.0103. The summed E-state index contributed by atoms with van der Waals surface area (Å²) >= 11 is 1.29. The van der Waals surface area contributed by atoms with E-state index in [-0.39, 0.29) is 24.1 Å². The molecule has 31 heavy (non-hydrogen) atoms. The molecule has 1 aliphatic rings. The van der Waals surface area contributed by atoms with Crippen LogP contribution in [0.4, 0.5) is 15.2 Å². The molecule has 1 aromatic carbocycles. The molecule has 9 heteroatoms. The molecule has 0 saturated carbocycles. The van der Waals surface area contributed by atoms with E-state index < -0.39 is 0 Å². The molecule has 0 bridgehead atoms. The van der Waals surface area contributed by atoms with Crippen molar-refractivity contribution in [2.24, 2.45) is 0 Å². The zero-order valence-electron chi connectivity index (χ0n) is 17.1. The van der Waals surface area contributed by atoms with E-state index in [1.807, 2.05) is 4.90 Å². The van der Waals surface area contributed by atoms with Crippen LogP contribution in [0.3, 0.4) is 0 Å². The third kappa shape index (κ3) is 5.11. The largest absolute Gasteiger partial charge is 0.469 e. The van der Waals surface area contributed by atoms with Crippen LogP contribution in [0.1, 0.15) is 28.2 Å². The van der Waals surface area contributed by atoms with Crippen LogP contribution >= 0.6 is 11.3 Å². The minimum Gasteiger partial charge on any atom is -0.469 e. The Morgan fingerprint density at radius 1 is 1.16 bits per heavy atom. The minimum absolute atomic E-state index is 0.00908. The van der Waals surface area contributed by atoms with Gasteiger partial charge in [-0.1, -0.05) is 0 Å². The fourth-order valence-electron chi connectivity index (χ4n) is 3.57. The first-order valence-electron chi connectivity index (χ1n) is 10.1. The molecule has 2 aromatic heterocycles. The van der Waals surface area contributed by atoms with E-state index in [1.54, 1.807) is 30.5 Å². The molecule has 1 saturated heterocycles. The number of halogens is 1. The van der Waals surface area contributed by atoms with Gasteiger partial charge in [-0.05, 0) is 43.7 Å². The maximum Gasteiger partial charge on any atom is 0.260 e. The van der Waals surface area contributed by atoms with Crippen molar-refractivity contribution in [3.05, 3.63) is 64.8 Å². The molecule has 1 N–H and O–H groups in total. The normalized spacial score (nSPS) is 14.4. The summed E-state index contributed by atoms with van der Waals surface area (Å²) < 4.78 is 18.3. The highest BCUT2D eigenvalue weighted by molar-refractivity contribution is 7.14. The molecular formula is C22H23FN4O3S. The molecule has 0 aliphatic carbocycles. The highest BCUT2D eigenvalue weighted by atomic mass is 32.1. The quantitative estimate of drug-likeness (QED) is 0.652. The van der Waals surface area contributed by atoms with Gasteiger partial charge in [0.25, 0.3) is 5.91 Å². The Bertz CT molecular complexity index is 1060. The number of nitrogens with zero attached hydrogens (tertiary/aromatic N) is 3. The summed E-state index contributed by atoms with van der Waals surface area (Å²) in [7, 11) is 0. The summed E-state index contributed by atoms with van der Waals surface area (Å²) in [6.45, 7) is 4.50. The first-order valence-corrected chi connectivity index (χ1v) is 11.0. The summed E-state index contributed by atoms with van der Waals surface area (Å²) in [4.78, 5) is 33.5. The Hall–Kier alpha value is -3.20. The molecule has 7 nitrogen and oxygen atoms in total. The number of anilines is 2. The Kier molecular flexibility index (Phi) is 6.31. The lowest BCUT2D eigenvalue weighted by molar-refractivity contribution is -0.130. The van der Waals surface area contributed by atoms with E-state index in [2.05, 4.69) is 15.2 Å². The number of furan rings is 1. The van der Waals surface area contributed by atoms with Crippen LogP contribution in [-0.4, -0.2) is 47.9 Å². The molecule has 0 atom stereocenters. The Labute approximate surface area is 183 Å². The summed E-state index contributed by atoms with van der Waals surface area (Å²) in [6.07, 6.45) is 2.49. The number of nitrogens with one attached hydrogen (secondary N) is 1. The number of amides is 2. The van der Waals surface area contributed by atoms with Crippen molar-refractivity contribution in [3.63, 3.8) is 0 Å². The maximum absolute atomic E-state index is 13.2. The lowest BCUT2D eigenvalue weighted by Crippen LogP contribution is -2.36. The summed E-state index contributed by atoms with van der Waals surface area (Å²) in [5.41, 5.74) is 2.06. The minimum atomic E-state index is -0.285. The predicted octanol–water partition coefficient (Wildman–Crippen LogP) is 3.72. The fraction of sp³-hybridized carbons (Fsp3) is 0.318. The molecule has 162 valence electrons. The second kappa shape index (κ2) is 9.30. The topological polar surface area (TPSA) is 78.7 Å². The number of carbonyl (C=O) groups excluding carboxylic acids is 2. The first kappa shape index (κ1) is 21.0. The molecule has 1 fully saturated rings. The van der Waals surface area contributed by atoms with Gasteiger partial charge in [0.2, 0.25) is 5.91 Å². The zero-order chi connectivity index (χ0) is 21.8. The fourth-order valence-corrected chi connectivity index (χ4v) is 4.28. The van der Waals surface area contributed by atoms with Gasteiger partial charge >= 0.3 is 0 Å². The molecule has 2 amide bonds. The van der Waals surface area contributed by atoms with Crippen molar-refractivity contribution in [2.75, 3.05) is 36.4 Å². The van der Waals surface area contributed by atoms with E-state index in [9.17, 15) is 14.0 Å². The second-order valence-corrected chi connectivity index (χ2v) is 8.22. The predicted molar refractivity (Wildman–Crippen MR) is 117 cm³/mol. The van der Waals surface area contributed by atoms with Crippen LogP contribution in [0, 0.1) is 12.7 Å². The highest BCUT2D eigenvalue weighted by Crippen LogP contribution is 2.20. The van der Waals surface area contributed by atoms with Gasteiger partial charge in [0.05, 0.1) is 23.9 Å². The smallest absolute Gasteiger partial charge is 0.260 e. The van der Waals surface area contributed by atoms with Crippen LogP contribution in [0.5, 0.6) is 0 Å². The average molecular weight is 443 g/mol. The highest BCUT2D eigenvalue weighted by Gasteiger charge is 2.21. The third-order valence-electron chi connectivity index (χ3n) is 5.25. The van der Waals surface area contributed by atoms with Gasteiger partial charge in [0, 0.05) is 37.2 Å². The molecule has 3 aromatic rings. The van der Waals surface area contributed by atoms with Gasteiger partial charge in [0.1, 0.15) is 11.6 Å². The van der Waals surface area contributed by atoms with Crippen molar-refractivity contribution in [1.29, 1.82) is 0 Å². The van der Waals surface area contributed by atoms with Crippen LogP contribution in [0.15, 0.2) is 46.4 Å². The van der Waals surface area contributed by atoms with Gasteiger partial charge in [-0.2, -0.15) is 0 Å². The SMILES string of the molecule is Cc1occc1C(=O)Nc1nc(CC(=O)N2CCCN(c3ccc(F)cc3)CC2)cs1. The zero-order valence-corrected chi connectivity index (χ0v) is 18.0. The molecule has 4 rings (SSSR count). The second-order valence-electron chi connectivity index (χ2n) is 7.36. The van der Waals surface area contributed by atoms with Crippen molar-refractivity contribution >= 4 is 34.0 Å². The number of carbonyl (C=O) groups is 2. The molecule has 3 heterocycles. The van der Waals surface area contributed by atoms with Crippen molar-refractivity contribution < 1.29 is 18.4 Å². The average Bonchev–Trinajstić information content (AvgIpc) is 3.29. The van der Waals surface area contributed by atoms with E-state index in [1.165, 1.54) is 29.7 Å². The van der Waals surface area contributed by atoms with Crippen molar-refractivity contribution in [3.8, 4) is 0 Å². The molecular weight excluding hydrogens is 419 g/mol. The number of aryl methyl sites for hydroxylation is 1. The van der Waals surface area contributed by atoms with E-state index >= 15 is 0 Å². The molecule has 0 unspecified atom stereocenters. The first-order chi connectivity index (χ1) is 15.0. The van der Waals surface area contributed by atoms with Crippen LogP contribution in [0.25, 0.3) is 0 Å². The van der Waals surface area contributed by atoms with E-state index in [0.29, 0.717) is 41.8 Å². The number of aromatic nitrogens is 1. The van der Waals surface area contributed by atoms with E-state index in [0.717, 1.165) is 18.7 Å². The number of hydrogen-bond donors (Lipinski definition) is 1. The molecule has 0 radical (unpaired) electrons. The van der Waals surface area contributed by atoms with Gasteiger partial charge < -0.3 is 14.2 Å². The maximum atomic E-state index is 13.2. The van der Waals surface area contributed by atoms with Crippen LogP contribution < -0.4 is 10.2 Å². The molecule has 1 aliphatic heterocycles. The van der Waals surface area contributed by atoms with Gasteiger partial charge in [0.15, 0.2) is 5.13 Å². The lowest BCUT2D eigenvalue weighted by atomic mass is 10.2. The Balaban J connectivity index is 1.32. The Morgan fingerprint density at radius 2 is 1.97 bits per heavy atom. The van der Waals surface area contributed by atoms with Crippen molar-refractivity contribution in [2.45, 2.75) is 19.8 Å². The van der Waals surface area contributed by atoms with Gasteiger partial charge in [-0.25, -0.2) is 9.37 Å². The van der Waals surface area contributed by atoms with Gasteiger partial charge in [-0.15, -0.1) is 11.3 Å². The number of hydrogen-bond acceptors (Lipinski definition) is 6. The molecule has 0 spiro atoms. The Morgan fingerprint density at radius 3 is 2.71 bits per heavy atom. The lowest BCUT2D eigenvalue weighted by Gasteiger charge is -2.23.